The topological polar surface area (TPSA) is 129 Å². The van der Waals surface area contributed by atoms with Gasteiger partial charge in [-0.25, -0.2) is 24.1 Å². The number of carbonyl (C=O) groups excluding carboxylic acids is 1. The van der Waals surface area contributed by atoms with Crippen molar-refractivity contribution in [2.24, 2.45) is 0 Å². The fourth-order valence-electron chi connectivity index (χ4n) is 3.12. The number of halogens is 1. The SMILES string of the molecule is CCNC(=O)Nc1nc2cc(-c3cnc(C(C)O)nc3)cc(-c3ncccc3F)c2[nH]1. The third kappa shape index (κ3) is 4.19. The van der Waals surface area contributed by atoms with E-state index in [1.165, 1.54) is 18.3 Å². The zero-order valence-electron chi connectivity index (χ0n) is 16.8. The van der Waals surface area contributed by atoms with Gasteiger partial charge in [-0.1, -0.05) is 0 Å². The fourth-order valence-corrected chi connectivity index (χ4v) is 3.12. The number of rotatable bonds is 5. The number of amides is 2. The van der Waals surface area contributed by atoms with Gasteiger partial charge in [-0.15, -0.1) is 0 Å². The summed E-state index contributed by atoms with van der Waals surface area (Å²) in [7, 11) is 0. The summed E-state index contributed by atoms with van der Waals surface area (Å²) < 4.78 is 14.6. The summed E-state index contributed by atoms with van der Waals surface area (Å²) in [5.41, 5.74) is 2.98. The van der Waals surface area contributed by atoms with Gasteiger partial charge < -0.3 is 15.4 Å². The molecule has 1 unspecified atom stereocenters. The Bertz CT molecular complexity index is 1240. The molecule has 4 rings (SSSR count). The van der Waals surface area contributed by atoms with Gasteiger partial charge in [0.05, 0.1) is 11.0 Å². The minimum atomic E-state index is -0.788. The smallest absolute Gasteiger partial charge is 0.321 e. The van der Waals surface area contributed by atoms with Crippen LogP contribution in [0.3, 0.4) is 0 Å². The van der Waals surface area contributed by atoms with Gasteiger partial charge >= 0.3 is 6.03 Å². The minimum Gasteiger partial charge on any atom is -0.385 e. The van der Waals surface area contributed by atoms with Gasteiger partial charge in [0.2, 0.25) is 5.95 Å². The van der Waals surface area contributed by atoms with Crippen molar-refractivity contribution in [1.82, 2.24) is 30.2 Å². The number of carbonyl (C=O) groups is 1. The standard InChI is InChI=1S/C21H20FN7O2/c1-3-23-21(31)29-20-27-16-8-12(13-9-25-19(11(2)30)26-10-13)7-14(18(16)28-20)17-15(22)5-4-6-24-17/h4-11,30H,3H2,1-2H3,(H3,23,27,28,29,31). The van der Waals surface area contributed by atoms with Crippen LogP contribution in [-0.4, -0.2) is 42.6 Å². The summed E-state index contributed by atoms with van der Waals surface area (Å²) >= 11 is 0. The highest BCUT2D eigenvalue weighted by molar-refractivity contribution is 5.98. The van der Waals surface area contributed by atoms with E-state index in [9.17, 15) is 14.3 Å². The van der Waals surface area contributed by atoms with Crippen LogP contribution >= 0.6 is 0 Å². The van der Waals surface area contributed by atoms with Gasteiger partial charge in [0.25, 0.3) is 0 Å². The number of urea groups is 1. The summed E-state index contributed by atoms with van der Waals surface area (Å²) in [4.78, 5) is 31.9. The number of nitrogens with zero attached hydrogens (tertiary/aromatic N) is 4. The van der Waals surface area contributed by atoms with Gasteiger partial charge in [-0.3, -0.25) is 10.3 Å². The molecular formula is C21H20FN7O2. The molecule has 0 spiro atoms. The first-order valence-corrected chi connectivity index (χ1v) is 9.66. The monoisotopic (exact) mass is 421 g/mol. The zero-order valence-corrected chi connectivity index (χ0v) is 16.8. The number of H-pyrrole nitrogens is 1. The van der Waals surface area contributed by atoms with Gasteiger partial charge in [0.1, 0.15) is 17.6 Å². The lowest BCUT2D eigenvalue weighted by Crippen LogP contribution is -2.28. The number of hydrogen-bond acceptors (Lipinski definition) is 6. The van der Waals surface area contributed by atoms with E-state index in [0.717, 1.165) is 0 Å². The molecule has 3 heterocycles. The summed E-state index contributed by atoms with van der Waals surface area (Å²) in [6.07, 6.45) is 3.87. The normalized spacial score (nSPS) is 12.0. The quantitative estimate of drug-likeness (QED) is 0.391. The molecule has 9 nitrogen and oxygen atoms in total. The average Bonchev–Trinajstić information content (AvgIpc) is 3.16. The molecule has 0 aliphatic carbocycles. The van der Waals surface area contributed by atoms with Gasteiger partial charge in [0, 0.05) is 36.3 Å². The van der Waals surface area contributed by atoms with E-state index in [2.05, 4.69) is 35.6 Å². The summed E-state index contributed by atoms with van der Waals surface area (Å²) in [6, 6.07) is 5.96. The Morgan fingerprint density at radius 3 is 2.68 bits per heavy atom. The van der Waals surface area contributed by atoms with Crippen LogP contribution in [0.5, 0.6) is 0 Å². The minimum absolute atomic E-state index is 0.143. The van der Waals surface area contributed by atoms with Crippen LogP contribution in [0, 0.1) is 5.82 Å². The number of anilines is 1. The first-order chi connectivity index (χ1) is 15.0. The Kier molecular flexibility index (Phi) is 5.54. The van der Waals surface area contributed by atoms with Crippen molar-refractivity contribution < 1.29 is 14.3 Å². The van der Waals surface area contributed by atoms with E-state index < -0.39 is 18.0 Å². The van der Waals surface area contributed by atoms with Gasteiger partial charge in [0.15, 0.2) is 5.82 Å². The number of nitrogens with one attached hydrogen (secondary N) is 3. The molecule has 158 valence electrons. The van der Waals surface area contributed by atoms with Crippen molar-refractivity contribution in [1.29, 1.82) is 0 Å². The molecule has 31 heavy (non-hydrogen) atoms. The molecule has 1 aromatic carbocycles. The van der Waals surface area contributed by atoms with E-state index in [4.69, 9.17) is 0 Å². The fraction of sp³-hybridized carbons (Fsp3) is 0.190. The molecule has 0 saturated carbocycles. The highest BCUT2D eigenvalue weighted by Crippen LogP contribution is 2.33. The van der Waals surface area contributed by atoms with Crippen LogP contribution < -0.4 is 10.6 Å². The Hall–Kier alpha value is -3.92. The number of aromatic amines is 1. The second-order valence-corrected chi connectivity index (χ2v) is 6.83. The van der Waals surface area contributed by atoms with Gasteiger partial charge in [-0.2, -0.15) is 0 Å². The number of imidazole rings is 1. The van der Waals surface area contributed by atoms with Crippen LogP contribution in [0.1, 0.15) is 25.8 Å². The third-order valence-electron chi connectivity index (χ3n) is 4.55. The number of aromatic nitrogens is 5. The summed E-state index contributed by atoms with van der Waals surface area (Å²) in [5, 5.41) is 14.9. The van der Waals surface area contributed by atoms with E-state index in [0.29, 0.717) is 40.1 Å². The Morgan fingerprint density at radius 2 is 2.00 bits per heavy atom. The lowest BCUT2D eigenvalue weighted by Gasteiger charge is -2.09. The molecule has 0 saturated heterocycles. The van der Waals surface area contributed by atoms with Crippen molar-refractivity contribution in [3.63, 3.8) is 0 Å². The second kappa shape index (κ2) is 8.44. The molecule has 0 bridgehead atoms. The number of fused-ring (bicyclic) bond motifs is 1. The van der Waals surface area contributed by atoms with E-state index >= 15 is 0 Å². The largest absolute Gasteiger partial charge is 0.385 e. The summed E-state index contributed by atoms with van der Waals surface area (Å²) in [5.74, 6) is 0.0277. The second-order valence-electron chi connectivity index (χ2n) is 6.83. The van der Waals surface area contributed by atoms with Crippen LogP contribution in [-0.2, 0) is 0 Å². The van der Waals surface area contributed by atoms with Crippen LogP contribution in [0.4, 0.5) is 15.1 Å². The molecule has 0 aliphatic heterocycles. The third-order valence-corrected chi connectivity index (χ3v) is 4.55. The molecular weight excluding hydrogens is 401 g/mol. The van der Waals surface area contributed by atoms with E-state index in [1.807, 2.05) is 0 Å². The zero-order chi connectivity index (χ0) is 22.0. The average molecular weight is 421 g/mol. The highest BCUT2D eigenvalue weighted by Gasteiger charge is 2.17. The molecule has 10 heteroatoms. The first-order valence-electron chi connectivity index (χ1n) is 9.66. The Morgan fingerprint density at radius 1 is 1.23 bits per heavy atom. The van der Waals surface area contributed by atoms with E-state index in [-0.39, 0.29) is 11.6 Å². The van der Waals surface area contributed by atoms with Crippen molar-refractivity contribution >= 4 is 23.0 Å². The van der Waals surface area contributed by atoms with Gasteiger partial charge in [-0.05, 0) is 43.7 Å². The predicted molar refractivity (Wildman–Crippen MR) is 114 cm³/mol. The number of aliphatic hydroxyl groups excluding tert-OH is 1. The maximum absolute atomic E-state index is 14.6. The van der Waals surface area contributed by atoms with Crippen molar-refractivity contribution in [3.8, 4) is 22.4 Å². The molecule has 4 aromatic rings. The van der Waals surface area contributed by atoms with Crippen molar-refractivity contribution in [2.45, 2.75) is 20.0 Å². The molecule has 0 fully saturated rings. The van der Waals surface area contributed by atoms with E-state index in [1.54, 1.807) is 38.4 Å². The molecule has 4 N–H and O–H groups in total. The highest BCUT2D eigenvalue weighted by atomic mass is 19.1. The number of benzene rings is 1. The lowest BCUT2D eigenvalue weighted by molar-refractivity contribution is 0.189. The number of aliphatic hydroxyl groups is 1. The maximum Gasteiger partial charge on any atom is 0.321 e. The number of pyridine rings is 1. The maximum atomic E-state index is 14.6. The molecule has 0 aliphatic rings. The lowest BCUT2D eigenvalue weighted by atomic mass is 10.0. The Balaban J connectivity index is 1.86. The molecule has 0 radical (unpaired) electrons. The molecule has 1 atom stereocenters. The Labute approximate surface area is 176 Å². The molecule has 2 amide bonds. The number of hydrogen-bond donors (Lipinski definition) is 4. The summed E-state index contributed by atoms with van der Waals surface area (Å²) in [6.45, 7) is 3.84. The first kappa shape index (κ1) is 20.4. The van der Waals surface area contributed by atoms with Crippen molar-refractivity contribution in [2.75, 3.05) is 11.9 Å². The molecule has 3 aromatic heterocycles. The van der Waals surface area contributed by atoms with Crippen molar-refractivity contribution in [3.05, 3.63) is 54.5 Å². The van der Waals surface area contributed by atoms with Crippen LogP contribution in [0.25, 0.3) is 33.4 Å². The van der Waals surface area contributed by atoms with Crippen LogP contribution in [0.15, 0.2) is 42.9 Å². The van der Waals surface area contributed by atoms with Crippen LogP contribution in [0.2, 0.25) is 0 Å². The predicted octanol–water partition coefficient (Wildman–Crippen LogP) is 3.42.